The van der Waals surface area contributed by atoms with Crippen molar-refractivity contribution >= 4 is 28.4 Å². The van der Waals surface area contributed by atoms with E-state index in [0.717, 1.165) is 22.7 Å². The van der Waals surface area contributed by atoms with E-state index in [9.17, 15) is 4.79 Å². The molecule has 0 saturated carbocycles. The van der Waals surface area contributed by atoms with Crippen LogP contribution in [0.4, 0.5) is 11.4 Å². The Bertz CT molecular complexity index is 901. The third-order valence-corrected chi connectivity index (χ3v) is 4.00. The molecule has 6 nitrogen and oxygen atoms in total. The number of fused-ring (bicyclic) bond motifs is 2. The third-order valence-electron chi connectivity index (χ3n) is 4.00. The standard InChI is InChI=1S/C17H17N5O/c1-10-9-22(15-6-4-3-5-13(15)19-10)17(23)12-7-14-16(18-8-12)21-11(2)20-14/h3-8,10,19H,9H2,1-2H3,(H,18,20,21). The molecule has 0 fully saturated rings. The van der Waals surface area contributed by atoms with Crippen molar-refractivity contribution < 1.29 is 4.79 Å². The number of nitrogens with zero attached hydrogens (tertiary/aromatic N) is 3. The maximum absolute atomic E-state index is 13.0. The van der Waals surface area contributed by atoms with Crippen molar-refractivity contribution in [2.75, 3.05) is 16.8 Å². The molecular formula is C17H17N5O. The zero-order valence-corrected chi connectivity index (χ0v) is 13.0. The van der Waals surface area contributed by atoms with Gasteiger partial charge in [-0.25, -0.2) is 9.97 Å². The molecule has 1 unspecified atom stereocenters. The number of benzene rings is 1. The summed E-state index contributed by atoms with van der Waals surface area (Å²) < 4.78 is 0. The smallest absolute Gasteiger partial charge is 0.260 e. The molecule has 3 aromatic rings. The molecule has 1 aliphatic rings. The number of imidazole rings is 1. The van der Waals surface area contributed by atoms with Crippen LogP contribution in [-0.2, 0) is 0 Å². The number of rotatable bonds is 1. The first kappa shape index (κ1) is 13.8. The van der Waals surface area contributed by atoms with E-state index in [1.165, 1.54) is 0 Å². The second kappa shape index (κ2) is 5.08. The van der Waals surface area contributed by atoms with Crippen LogP contribution in [0, 0.1) is 6.92 Å². The minimum atomic E-state index is -0.0487. The van der Waals surface area contributed by atoms with Gasteiger partial charge < -0.3 is 15.2 Å². The van der Waals surface area contributed by atoms with Crippen molar-refractivity contribution in [3.63, 3.8) is 0 Å². The summed E-state index contributed by atoms with van der Waals surface area (Å²) in [5.41, 5.74) is 3.85. The molecule has 0 bridgehead atoms. The lowest BCUT2D eigenvalue weighted by Crippen LogP contribution is -2.43. The summed E-state index contributed by atoms with van der Waals surface area (Å²) in [6.07, 6.45) is 1.60. The van der Waals surface area contributed by atoms with Gasteiger partial charge in [0.1, 0.15) is 5.82 Å². The van der Waals surface area contributed by atoms with Crippen molar-refractivity contribution in [3.05, 3.63) is 47.9 Å². The lowest BCUT2D eigenvalue weighted by molar-refractivity contribution is 0.0985. The molecular weight excluding hydrogens is 290 g/mol. The molecule has 1 aromatic carbocycles. The van der Waals surface area contributed by atoms with Gasteiger partial charge in [0.25, 0.3) is 5.91 Å². The molecule has 0 aliphatic carbocycles. The number of H-pyrrole nitrogens is 1. The number of aromatic amines is 1. The monoisotopic (exact) mass is 307 g/mol. The van der Waals surface area contributed by atoms with E-state index in [4.69, 9.17) is 0 Å². The first-order chi connectivity index (χ1) is 11.1. The van der Waals surface area contributed by atoms with Crippen LogP contribution in [0.25, 0.3) is 11.2 Å². The number of nitrogens with one attached hydrogen (secondary N) is 2. The second-order valence-corrected chi connectivity index (χ2v) is 5.90. The predicted molar refractivity (Wildman–Crippen MR) is 89.8 cm³/mol. The van der Waals surface area contributed by atoms with E-state index in [0.29, 0.717) is 17.8 Å². The molecule has 0 radical (unpaired) electrons. The van der Waals surface area contributed by atoms with Gasteiger partial charge in [-0.05, 0) is 32.0 Å². The normalized spacial score (nSPS) is 17.0. The highest BCUT2D eigenvalue weighted by atomic mass is 16.2. The Hall–Kier alpha value is -2.89. The fourth-order valence-corrected chi connectivity index (χ4v) is 3.00. The highest BCUT2D eigenvalue weighted by Gasteiger charge is 2.27. The number of hydrogen-bond donors (Lipinski definition) is 2. The van der Waals surface area contributed by atoms with E-state index in [2.05, 4.69) is 27.2 Å². The van der Waals surface area contributed by atoms with E-state index < -0.39 is 0 Å². The average molecular weight is 307 g/mol. The van der Waals surface area contributed by atoms with Crippen LogP contribution in [0.3, 0.4) is 0 Å². The van der Waals surface area contributed by atoms with E-state index in [1.54, 1.807) is 6.20 Å². The first-order valence-corrected chi connectivity index (χ1v) is 7.61. The van der Waals surface area contributed by atoms with Gasteiger partial charge in [-0.15, -0.1) is 0 Å². The lowest BCUT2D eigenvalue weighted by atomic mass is 10.1. The first-order valence-electron chi connectivity index (χ1n) is 7.61. The highest BCUT2D eigenvalue weighted by molar-refractivity contribution is 6.09. The molecule has 23 heavy (non-hydrogen) atoms. The summed E-state index contributed by atoms with van der Waals surface area (Å²) in [4.78, 5) is 26.5. The van der Waals surface area contributed by atoms with E-state index in [-0.39, 0.29) is 11.9 Å². The number of aromatic nitrogens is 3. The summed E-state index contributed by atoms with van der Waals surface area (Å²) in [5.74, 6) is 0.741. The Balaban J connectivity index is 1.75. The van der Waals surface area contributed by atoms with Gasteiger partial charge in [0.15, 0.2) is 5.65 Å². The quantitative estimate of drug-likeness (QED) is 0.725. The van der Waals surface area contributed by atoms with Gasteiger partial charge in [0.05, 0.1) is 22.5 Å². The van der Waals surface area contributed by atoms with Crippen LogP contribution in [0.2, 0.25) is 0 Å². The van der Waals surface area contributed by atoms with Gasteiger partial charge in [-0.2, -0.15) is 0 Å². The van der Waals surface area contributed by atoms with E-state index >= 15 is 0 Å². The van der Waals surface area contributed by atoms with Crippen molar-refractivity contribution in [1.29, 1.82) is 0 Å². The second-order valence-electron chi connectivity index (χ2n) is 5.90. The van der Waals surface area contributed by atoms with Crippen molar-refractivity contribution in [1.82, 2.24) is 15.0 Å². The minimum absolute atomic E-state index is 0.0487. The number of hydrogen-bond acceptors (Lipinski definition) is 4. The average Bonchev–Trinajstić information content (AvgIpc) is 2.92. The van der Waals surface area contributed by atoms with Crippen LogP contribution < -0.4 is 10.2 Å². The zero-order chi connectivity index (χ0) is 16.0. The van der Waals surface area contributed by atoms with Crippen molar-refractivity contribution in [2.24, 2.45) is 0 Å². The van der Waals surface area contributed by atoms with Crippen molar-refractivity contribution in [3.8, 4) is 0 Å². The molecule has 1 atom stereocenters. The molecule has 4 rings (SSSR count). The van der Waals surface area contributed by atoms with Crippen LogP contribution in [-0.4, -0.2) is 33.4 Å². The lowest BCUT2D eigenvalue weighted by Gasteiger charge is -2.34. The molecule has 6 heteroatoms. The Morgan fingerprint density at radius 2 is 2.17 bits per heavy atom. The third kappa shape index (κ3) is 2.32. The molecule has 0 spiro atoms. The molecule has 0 saturated heterocycles. The predicted octanol–water partition coefficient (Wildman–Crippen LogP) is 2.73. The minimum Gasteiger partial charge on any atom is -0.379 e. The summed E-state index contributed by atoms with van der Waals surface area (Å²) in [5, 5.41) is 3.40. The van der Waals surface area contributed by atoms with Crippen LogP contribution in [0.5, 0.6) is 0 Å². The molecule has 116 valence electrons. The SMILES string of the molecule is Cc1nc2ncc(C(=O)N3CC(C)Nc4ccccc43)cc2[nH]1. The fraction of sp³-hybridized carbons (Fsp3) is 0.235. The number of amides is 1. The van der Waals surface area contributed by atoms with Gasteiger partial charge in [-0.1, -0.05) is 12.1 Å². The summed E-state index contributed by atoms with van der Waals surface area (Å²) >= 11 is 0. The largest absolute Gasteiger partial charge is 0.379 e. The Kier molecular flexibility index (Phi) is 3.04. The number of aryl methyl sites for hydroxylation is 1. The number of carbonyl (C=O) groups excluding carboxylic acids is 1. The van der Waals surface area contributed by atoms with Crippen LogP contribution >= 0.6 is 0 Å². The highest BCUT2D eigenvalue weighted by Crippen LogP contribution is 2.31. The Morgan fingerprint density at radius 3 is 3.04 bits per heavy atom. The van der Waals surface area contributed by atoms with Gasteiger partial charge in [0, 0.05) is 18.8 Å². The number of pyridine rings is 1. The van der Waals surface area contributed by atoms with Gasteiger partial charge in [0.2, 0.25) is 0 Å². The zero-order valence-electron chi connectivity index (χ0n) is 13.0. The summed E-state index contributed by atoms with van der Waals surface area (Å²) in [7, 11) is 0. The molecule has 2 aromatic heterocycles. The van der Waals surface area contributed by atoms with E-state index in [1.807, 2.05) is 42.2 Å². The molecule has 3 heterocycles. The number of carbonyl (C=O) groups is 1. The van der Waals surface area contributed by atoms with Crippen molar-refractivity contribution in [2.45, 2.75) is 19.9 Å². The maximum atomic E-state index is 13.0. The molecule has 1 amide bonds. The number of anilines is 2. The fourth-order valence-electron chi connectivity index (χ4n) is 3.00. The van der Waals surface area contributed by atoms with Gasteiger partial charge in [-0.3, -0.25) is 4.79 Å². The van der Waals surface area contributed by atoms with Crippen LogP contribution in [0.1, 0.15) is 23.1 Å². The Labute approximate surface area is 133 Å². The van der Waals surface area contributed by atoms with Gasteiger partial charge >= 0.3 is 0 Å². The topological polar surface area (TPSA) is 73.9 Å². The number of para-hydroxylation sites is 2. The molecule has 1 aliphatic heterocycles. The molecule has 2 N–H and O–H groups in total. The summed E-state index contributed by atoms with van der Waals surface area (Å²) in [6.45, 7) is 4.56. The maximum Gasteiger partial charge on any atom is 0.260 e. The Morgan fingerprint density at radius 1 is 1.35 bits per heavy atom. The van der Waals surface area contributed by atoms with Crippen LogP contribution in [0.15, 0.2) is 36.5 Å². The summed E-state index contributed by atoms with van der Waals surface area (Å²) in [6, 6.07) is 9.87.